The highest BCUT2D eigenvalue weighted by atomic mass is 35.5. The highest BCUT2D eigenvalue weighted by Crippen LogP contribution is 2.35. The average molecular weight is 368 g/mol. The first kappa shape index (κ1) is 16.4. The van der Waals surface area contributed by atoms with Crippen molar-refractivity contribution in [1.82, 2.24) is 9.97 Å². The van der Waals surface area contributed by atoms with Crippen molar-refractivity contribution in [2.45, 2.75) is 6.04 Å². The number of hydrogen-bond acceptors (Lipinski definition) is 5. The first-order valence-corrected chi connectivity index (χ1v) is 8.34. The van der Waals surface area contributed by atoms with Crippen LogP contribution in [0.4, 0.5) is 10.5 Å². The van der Waals surface area contributed by atoms with E-state index in [4.69, 9.17) is 21.1 Å². The molecule has 1 aliphatic heterocycles. The van der Waals surface area contributed by atoms with Gasteiger partial charge in [0, 0.05) is 23.1 Å². The monoisotopic (exact) mass is 367 g/mol. The van der Waals surface area contributed by atoms with Gasteiger partial charge in [-0.15, -0.1) is 0 Å². The van der Waals surface area contributed by atoms with Crippen LogP contribution < -0.4 is 9.64 Å². The molecule has 1 atom stereocenters. The quantitative estimate of drug-likeness (QED) is 0.673. The van der Waals surface area contributed by atoms with E-state index in [2.05, 4.69) is 9.97 Å². The lowest BCUT2D eigenvalue weighted by Crippen LogP contribution is -2.27. The van der Waals surface area contributed by atoms with Crippen LogP contribution in [0.25, 0.3) is 0 Å². The number of nitrogens with zero attached hydrogens (tertiary/aromatic N) is 3. The fraction of sp³-hybridized carbons (Fsp3) is 0.105. The number of carbonyl (C=O) groups is 1. The Morgan fingerprint density at radius 1 is 1.15 bits per heavy atom. The Bertz CT molecular complexity index is 919. The second-order valence-corrected chi connectivity index (χ2v) is 6.09. The molecule has 0 spiro atoms. The Morgan fingerprint density at radius 3 is 2.77 bits per heavy atom. The van der Waals surface area contributed by atoms with E-state index in [9.17, 15) is 4.79 Å². The largest absolute Gasteiger partial charge is 0.447 e. The summed E-state index contributed by atoms with van der Waals surface area (Å²) in [6.07, 6.45) is 4.28. The van der Waals surface area contributed by atoms with Crippen LogP contribution in [-0.4, -0.2) is 22.7 Å². The van der Waals surface area contributed by atoms with Crippen molar-refractivity contribution in [3.8, 4) is 11.6 Å². The van der Waals surface area contributed by atoms with Gasteiger partial charge in [0.2, 0.25) is 5.88 Å². The maximum Gasteiger partial charge on any atom is 0.415 e. The minimum atomic E-state index is -0.391. The van der Waals surface area contributed by atoms with Gasteiger partial charge in [-0.05, 0) is 42.0 Å². The third-order valence-electron chi connectivity index (χ3n) is 3.98. The van der Waals surface area contributed by atoms with Crippen molar-refractivity contribution < 1.29 is 14.3 Å². The number of anilines is 1. The van der Waals surface area contributed by atoms with Crippen LogP contribution in [0.2, 0.25) is 5.02 Å². The minimum Gasteiger partial charge on any atom is -0.447 e. The van der Waals surface area contributed by atoms with Crippen molar-refractivity contribution in [2.75, 3.05) is 11.5 Å². The Morgan fingerprint density at radius 2 is 2.00 bits per heavy atom. The molecule has 0 bridgehead atoms. The molecular formula is C19H14ClN3O3. The van der Waals surface area contributed by atoms with Crippen LogP contribution in [0.15, 0.2) is 67.1 Å². The molecule has 0 saturated carbocycles. The molecule has 26 heavy (non-hydrogen) atoms. The van der Waals surface area contributed by atoms with Gasteiger partial charge in [0.1, 0.15) is 12.4 Å². The SMILES string of the molecule is O=C1OC[C@H](c2cccc(Oc3cnccn3)c2)N1c1ccc(Cl)cc1. The van der Waals surface area contributed by atoms with E-state index in [1.165, 1.54) is 6.20 Å². The highest BCUT2D eigenvalue weighted by Gasteiger charge is 2.35. The molecule has 6 nitrogen and oxygen atoms in total. The van der Waals surface area contributed by atoms with Crippen molar-refractivity contribution in [2.24, 2.45) is 0 Å². The molecule has 1 saturated heterocycles. The maximum absolute atomic E-state index is 12.2. The van der Waals surface area contributed by atoms with Gasteiger partial charge in [0.15, 0.2) is 0 Å². The molecule has 1 fully saturated rings. The number of aromatic nitrogens is 2. The zero-order chi connectivity index (χ0) is 17.9. The topological polar surface area (TPSA) is 64.5 Å². The number of cyclic esters (lactones) is 1. The van der Waals surface area contributed by atoms with E-state index in [-0.39, 0.29) is 12.6 Å². The molecule has 2 heterocycles. The lowest BCUT2D eigenvalue weighted by Gasteiger charge is -2.22. The number of halogens is 1. The summed E-state index contributed by atoms with van der Waals surface area (Å²) >= 11 is 5.94. The Labute approximate surface area is 155 Å². The number of amides is 1. The van der Waals surface area contributed by atoms with Gasteiger partial charge in [-0.2, -0.15) is 0 Å². The third-order valence-corrected chi connectivity index (χ3v) is 4.23. The van der Waals surface area contributed by atoms with Crippen LogP contribution in [0.1, 0.15) is 11.6 Å². The Balaban J connectivity index is 1.62. The minimum absolute atomic E-state index is 0.255. The fourth-order valence-corrected chi connectivity index (χ4v) is 2.92. The number of hydrogen-bond donors (Lipinski definition) is 0. The molecule has 130 valence electrons. The lowest BCUT2D eigenvalue weighted by molar-refractivity contribution is 0.179. The third kappa shape index (κ3) is 3.32. The molecule has 1 amide bonds. The Hall–Kier alpha value is -3.12. The van der Waals surface area contributed by atoms with Crippen molar-refractivity contribution in [1.29, 1.82) is 0 Å². The van der Waals surface area contributed by atoms with E-state index in [0.29, 0.717) is 16.7 Å². The van der Waals surface area contributed by atoms with Gasteiger partial charge in [-0.3, -0.25) is 9.88 Å². The summed E-state index contributed by atoms with van der Waals surface area (Å²) < 4.78 is 11.0. The fourth-order valence-electron chi connectivity index (χ4n) is 2.80. The van der Waals surface area contributed by atoms with Crippen LogP contribution in [0.3, 0.4) is 0 Å². The summed E-state index contributed by atoms with van der Waals surface area (Å²) in [5.74, 6) is 1.01. The summed E-state index contributed by atoms with van der Waals surface area (Å²) in [6.45, 7) is 0.260. The number of ether oxygens (including phenoxy) is 2. The van der Waals surface area contributed by atoms with Gasteiger partial charge in [-0.1, -0.05) is 23.7 Å². The second-order valence-electron chi connectivity index (χ2n) is 5.66. The predicted molar refractivity (Wildman–Crippen MR) is 96.6 cm³/mol. The van der Waals surface area contributed by atoms with Crippen LogP contribution in [-0.2, 0) is 4.74 Å². The number of benzene rings is 2. The lowest BCUT2D eigenvalue weighted by atomic mass is 10.1. The van der Waals surface area contributed by atoms with Gasteiger partial charge in [0.05, 0.1) is 12.2 Å². The Kier molecular flexibility index (Phi) is 4.41. The van der Waals surface area contributed by atoms with E-state index in [1.54, 1.807) is 41.6 Å². The normalized spacial score (nSPS) is 16.4. The molecule has 0 N–H and O–H groups in total. The van der Waals surface area contributed by atoms with E-state index < -0.39 is 6.09 Å². The molecule has 7 heteroatoms. The van der Waals surface area contributed by atoms with E-state index in [0.717, 1.165) is 11.3 Å². The average Bonchev–Trinajstić information content (AvgIpc) is 3.05. The second kappa shape index (κ2) is 7.01. The number of carbonyl (C=O) groups excluding carboxylic acids is 1. The van der Waals surface area contributed by atoms with Crippen molar-refractivity contribution in [3.63, 3.8) is 0 Å². The van der Waals surface area contributed by atoms with Gasteiger partial charge >= 0.3 is 6.09 Å². The van der Waals surface area contributed by atoms with Crippen LogP contribution in [0, 0.1) is 0 Å². The van der Waals surface area contributed by atoms with Crippen molar-refractivity contribution >= 4 is 23.4 Å². The molecule has 0 aliphatic carbocycles. The standard InChI is InChI=1S/C19H14ClN3O3/c20-14-4-6-15(7-5-14)23-17(12-25-19(23)24)13-2-1-3-16(10-13)26-18-11-21-8-9-22-18/h1-11,17H,12H2/t17-/m1/s1. The number of rotatable bonds is 4. The zero-order valence-electron chi connectivity index (χ0n) is 13.6. The maximum atomic E-state index is 12.2. The van der Waals surface area contributed by atoms with Gasteiger partial charge in [-0.25, -0.2) is 9.78 Å². The molecule has 1 aliphatic rings. The van der Waals surface area contributed by atoms with Crippen molar-refractivity contribution in [3.05, 3.63) is 77.7 Å². The first-order chi connectivity index (χ1) is 12.7. The summed E-state index contributed by atoms with van der Waals surface area (Å²) in [4.78, 5) is 21.9. The summed E-state index contributed by atoms with van der Waals surface area (Å²) in [5.41, 5.74) is 1.62. The summed E-state index contributed by atoms with van der Waals surface area (Å²) in [7, 11) is 0. The van der Waals surface area contributed by atoms with Crippen LogP contribution >= 0.6 is 11.6 Å². The molecule has 1 aromatic heterocycles. The van der Waals surface area contributed by atoms with E-state index >= 15 is 0 Å². The molecule has 0 radical (unpaired) electrons. The van der Waals surface area contributed by atoms with Gasteiger partial charge in [0.25, 0.3) is 0 Å². The molecule has 0 unspecified atom stereocenters. The molecule has 2 aromatic carbocycles. The van der Waals surface area contributed by atoms with E-state index in [1.807, 2.05) is 24.3 Å². The predicted octanol–water partition coefficient (Wildman–Crippen LogP) is 4.62. The molecular weight excluding hydrogens is 354 g/mol. The zero-order valence-corrected chi connectivity index (χ0v) is 14.3. The molecule has 4 rings (SSSR count). The summed E-state index contributed by atoms with van der Waals surface area (Å²) in [6, 6.07) is 14.3. The van der Waals surface area contributed by atoms with Crippen LogP contribution in [0.5, 0.6) is 11.6 Å². The molecule has 3 aromatic rings. The highest BCUT2D eigenvalue weighted by molar-refractivity contribution is 6.30. The summed E-state index contributed by atoms with van der Waals surface area (Å²) in [5, 5.41) is 0.609. The first-order valence-electron chi connectivity index (χ1n) is 7.96. The van der Waals surface area contributed by atoms with Gasteiger partial charge < -0.3 is 9.47 Å². The smallest absolute Gasteiger partial charge is 0.415 e.